The summed E-state index contributed by atoms with van der Waals surface area (Å²) in [7, 11) is 0. The standard InChI is InChI=1S/C22H20N2O2/c1-16-12-13-23-15-20(16)18-10-5-11-19-21(18)26-24-22(19)25-14-6-9-17-7-3-2-4-8-17/h2-5,7-8,10-13,15H,6,9,14H2,1H3. The third-order valence-corrected chi connectivity index (χ3v) is 4.49. The Morgan fingerprint density at radius 2 is 1.85 bits per heavy atom. The Labute approximate surface area is 152 Å². The third kappa shape index (κ3) is 3.31. The van der Waals surface area contributed by atoms with Crippen LogP contribution in [0.25, 0.3) is 22.1 Å². The van der Waals surface area contributed by atoms with E-state index >= 15 is 0 Å². The smallest absolute Gasteiger partial charge is 0.262 e. The van der Waals surface area contributed by atoms with Gasteiger partial charge in [-0.2, -0.15) is 0 Å². The van der Waals surface area contributed by atoms with Gasteiger partial charge < -0.3 is 9.26 Å². The average Bonchev–Trinajstić information content (AvgIpc) is 3.10. The van der Waals surface area contributed by atoms with Crippen molar-refractivity contribution in [3.63, 3.8) is 0 Å². The average molecular weight is 344 g/mol. The molecule has 0 fully saturated rings. The first-order valence-electron chi connectivity index (χ1n) is 8.79. The second-order valence-electron chi connectivity index (χ2n) is 6.30. The van der Waals surface area contributed by atoms with Gasteiger partial charge in [0.2, 0.25) is 0 Å². The molecule has 0 amide bonds. The van der Waals surface area contributed by atoms with E-state index in [1.165, 1.54) is 5.56 Å². The van der Waals surface area contributed by atoms with Gasteiger partial charge in [-0.05, 0) is 48.2 Å². The molecule has 0 aliphatic rings. The van der Waals surface area contributed by atoms with Gasteiger partial charge in [-0.25, -0.2) is 0 Å². The topological polar surface area (TPSA) is 48.2 Å². The number of para-hydroxylation sites is 1. The largest absolute Gasteiger partial charge is 0.475 e. The van der Waals surface area contributed by atoms with Gasteiger partial charge in [0.25, 0.3) is 5.88 Å². The molecular formula is C22H20N2O2. The number of fused-ring (bicyclic) bond motifs is 1. The van der Waals surface area contributed by atoms with Crippen molar-refractivity contribution in [1.29, 1.82) is 0 Å². The molecule has 0 saturated carbocycles. The highest BCUT2D eigenvalue weighted by atomic mass is 16.5. The molecule has 4 aromatic rings. The van der Waals surface area contributed by atoms with Crippen LogP contribution in [-0.4, -0.2) is 16.7 Å². The maximum Gasteiger partial charge on any atom is 0.262 e. The van der Waals surface area contributed by atoms with E-state index in [0.717, 1.165) is 40.5 Å². The lowest BCUT2D eigenvalue weighted by molar-refractivity contribution is 0.280. The van der Waals surface area contributed by atoms with Crippen molar-refractivity contribution < 1.29 is 9.26 Å². The van der Waals surface area contributed by atoms with Gasteiger partial charge >= 0.3 is 0 Å². The molecule has 2 aromatic heterocycles. The summed E-state index contributed by atoms with van der Waals surface area (Å²) in [5, 5.41) is 5.03. The molecule has 2 heterocycles. The first kappa shape index (κ1) is 16.3. The fourth-order valence-corrected chi connectivity index (χ4v) is 3.09. The van der Waals surface area contributed by atoms with Crippen LogP contribution in [0.5, 0.6) is 5.88 Å². The predicted octanol–water partition coefficient (Wildman–Crippen LogP) is 5.21. The minimum absolute atomic E-state index is 0.552. The van der Waals surface area contributed by atoms with E-state index in [9.17, 15) is 0 Å². The summed E-state index contributed by atoms with van der Waals surface area (Å²) in [6.07, 6.45) is 5.56. The molecule has 4 nitrogen and oxygen atoms in total. The lowest BCUT2D eigenvalue weighted by Gasteiger charge is -2.05. The van der Waals surface area contributed by atoms with Gasteiger partial charge in [-0.15, -0.1) is 0 Å². The Morgan fingerprint density at radius 1 is 0.962 bits per heavy atom. The molecule has 0 saturated heterocycles. The van der Waals surface area contributed by atoms with E-state index < -0.39 is 0 Å². The molecule has 0 radical (unpaired) electrons. The summed E-state index contributed by atoms with van der Waals surface area (Å²) in [5.74, 6) is 0.552. The van der Waals surface area contributed by atoms with E-state index in [4.69, 9.17) is 9.26 Å². The number of pyridine rings is 1. The van der Waals surface area contributed by atoms with Gasteiger partial charge in [-0.1, -0.05) is 42.5 Å². The number of hydrogen-bond donors (Lipinski definition) is 0. The van der Waals surface area contributed by atoms with Crippen LogP contribution < -0.4 is 4.74 Å². The van der Waals surface area contributed by atoms with Crippen molar-refractivity contribution in [1.82, 2.24) is 10.1 Å². The molecule has 0 unspecified atom stereocenters. The van der Waals surface area contributed by atoms with Crippen molar-refractivity contribution in [3.8, 4) is 17.0 Å². The normalized spacial score (nSPS) is 11.0. The summed E-state index contributed by atoms with van der Waals surface area (Å²) < 4.78 is 11.5. The second-order valence-corrected chi connectivity index (χ2v) is 6.30. The molecule has 26 heavy (non-hydrogen) atoms. The summed E-state index contributed by atoms with van der Waals surface area (Å²) in [6, 6.07) is 18.4. The Balaban J connectivity index is 1.51. The van der Waals surface area contributed by atoms with Crippen molar-refractivity contribution in [2.45, 2.75) is 19.8 Å². The Hall–Kier alpha value is -3.14. The summed E-state index contributed by atoms with van der Waals surface area (Å²) >= 11 is 0. The Morgan fingerprint density at radius 3 is 2.69 bits per heavy atom. The maximum atomic E-state index is 5.88. The highest BCUT2D eigenvalue weighted by molar-refractivity contribution is 5.95. The molecule has 4 rings (SSSR count). The minimum atomic E-state index is 0.552. The van der Waals surface area contributed by atoms with E-state index in [1.54, 1.807) is 6.20 Å². The molecule has 0 atom stereocenters. The van der Waals surface area contributed by atoms with Gasteiger partial charge in [0.05, 0.1) is 12.0 Å². The monoisotopic (exact) mass is 344 g/mol. The predicted molar refractivity (Wildman–Crippen MR) is 102 cm³/mol. The maximum absolute atomic E-state index is 5.88. The van der Waals surface area contributed by atoms with Gasteiger partial charge in [-0.3, -0.25) is 4.98 Å². The van der Waals surface area contributed by atoms with Crippen LogP contribution in [0.3, 0.4) is 0 Å². The van der Waals surface area contributed by atoms with Gasteiger partial charge in [0.15, 0.2) is 5.58 Å². The van der Waals surface area contributed by atoms with Crippen molar-refractivity contribution in [2.24, 2.45) is 0 Å². The Bertz CT molecular complexity index is 1010. The van der Waals surface area contributed by atoms with Crippen LogP contribution in [-0.2, 0) is 6.42 Å². The van der Waals surface area contributed by atoms with E-state index in [0.29, 0.717) is 12.5 Å². The number of aryl methyl sites for hydroxylation is 2. The molecule has 4 heteroatoms. The Kier molecular flexibility index (Phi) is 4.65. The molecule has 0 aliphatic heterocycles. The molecule has 0 aliphatic carbocycles. The third-order valence-electron chi connectivity index (χ3n) is 4.49. The highest BCUT2D eigenvalue weighted by Gasteiger charge is 2.15. The summed E-state index contributed by atoms with van der Waals surface area (Å²) in [4.78, 5) is 4.23. The number of benzene rings is 2. The van der Waals surface area contributed by atoms with Crippen molar-refractivity contribution in [2.75, 3.05) is 6.61 Å². The van der Waals surface area contributed by atoms with Crippen LogP contribution in [0.1, 0.15) is 17.5 Å². The van der Waals surface area contributed by atoms with Gasteiger partial charge in [0.1, 0.15) is 0 Å². The first-order chi connectivity index (χ1) is 12.8. The zero-order valence-corrected chi connectivity index (χ0v) is 14.7. The fourth-order valence-electron chi connectivity index (χ4n) is 3.09. The molecule has 130 valence electrons. The number of nitrogens with zero attached hydrogens (tertiary/aromatic N) is 2. The van der Waals surface area contributed by atoms with Crippen molar-refractivity contribution in [3.05, 3.63) is 78.1 Å². The lowest BCUT2D eigenvalue weighted by atomic mass is 10.0. The molecule has 0 N–H and O–H groups in total. The molecule has 0 bridgehead atoms. The molecule has 2 aromatic carbocycles. The van der Waals surface area contributed by atoms with Crippen LogP contribution in [0, 0.1) is 6.92 Å². The first-order valence-corrected chi connectivity index (χ1v) is 8.79. The number of hydrogen-bond acceptors (Lipinski definition) is 4. The van der Waals surface area contributed by atoms with Crippen LogP contribution in [0.4, 0.5) is 0 Å². The minimum Gasteiger partial charge on any atom is -0.475 e. The van der Waals surface area contributed by atoms with Gasteiger partial charge in [0, 0.05) is 23.5 Å². The zero-order valence-electron chi connectivity index (χ0n) is 14.7. The van der Waals surface area contributed by atoms with E-state index in [2.05, 4.69) is 41.3 Å². The highest BCUT2D eigenvalue weighted by Crippen LogP contribution is 2.34. The molecular weight excluding hydrogens is 324 g/mol. The second kappa shape index (κ2) is 7.40. The number of aromatic nitrogens is 2. The number of rotatable bonds is 6. The van der Waals surface area contributed by atoms with Crippen molar-refractivity contribution >= 4 is 11.0 Å². The molecule has 0 spiro atoms. The number of ether oxygens (including phenoxy) is 1. The fraction of sp³-hybridized carbons (Fsp3) is 0.182. The lowest BCUT2D eigenvalue weighted by Crippen LogP contribution is -1.99. The van der Waals surface area contributed by atoms with E-state index in [-0.39, 0.29) is 0 Å². The van der Waals surface area contributed by atoms with Crippen LogP contribution in [0.15, 0.2) is 71.5 Å². The van der Waals surface area contributed by atoms with Crippen LogP contribution in [0.2, 0.25) is 0 Å². The zero-order chi connectivity index (χ0) is 17.8. The van der Waals surface area contributed by atoms with Crippen LogP contribution >= 0.6 is 0 Å². The quantitative estimate of drug-likeness (QED) is 0.451. The van der Waals surface area contributed by atoms with E-state index in [1.807, 2.05) is 36.5 Å². The SMILES string of the molecule is Cc1ccncc1-c1cccc2c(OCCCc3ccccc3)noc12. The summed E-state index contributed by atoms with van der Waals surface area (Å²) in [5.41, 5.74) is 5.23. The summed E-state index contributed by atoms with van der Waals surface area (Å²) in [6.45, 7) is 2.67.